The molecule has 0 bridgehead atoms. The van der Waals surface area contributed by atoms with Crippen LogP contribution in [-0.2, 0) is 9.53 Å². The van der Waals surface area contributed by atoms with Crippen LogP contribution in [-0.4, -0.2) is 46.9 Å². The standard InChI is InChI=1S/C11H14ClN3O3/c1-3-4-15(7-10(16)18-2)11(17)8-5-14-9(12)6-13-8/h5-6H,3-4,7H2,1-2H3. The molecule has 0 unspecified atom stereocenters. The predicted molar refractivity (Wildman–Crippen MR) is 65.3 cm³/mol. The maximum absolute atomic E-state index is 12.1. The highest BCUT2D eigenvalue weighted by molar-refractivity contribution is 6.29. The molecule has 0 aliphatic heterocycles. The van der Waals surface area contributed by atoms with Crippen molar-refractivity contribution in [3.8, 4) is 0 Å². The van der Waals surface area contributed by atoms with Crippen LogP contribution in [0.15, 0.2) is 12.4 Å². The molecule has 0 saturated heterocycles. The van der Waals surface area contributed by atoms with Crippen molar-refractivity contribution in [2.75, 3.05) is 20.2 Å². The largest absolute Gasteiger partial charge is 0.468 e. The van der Waals surface area contributed by atoms with Crippen LogP contribution in [0.3, 0.4) is 0 Å². The average molecular weight is 272 g/mol. The minimum atomic E-state index is -0.473. The third-order valence-corrected chi connectivity index (χ3v) is 2.36. The van der Waals surface area contributed by atoms with E-state index in [1.807, 2.05) is 6.92 Å². The summed E-state index contributed by atoms with van der Waals surface area (Å²) in [7, 11) is 1.28. The Labute approximate surface area is 110 Å². The van der Waals surface area contributed by atoms with Crippen LogP contribution in [0.4, 0.5) is 0 Å². The van der Waals surface area contributed by atoms with E-state index in [1.54, 1.807) is 0 Å². The molecule has 0 radical (unpaired) electrons. The first-order valence-corrected chi connectivity index (χ1v) is 5.80. The Morgan fingerprint density at radius 2 is 2.11 bits per heavy atom. The second-order valence-corrected chi connectivity index (χ2v) is 3.91. The summed E-state index contributed by atoms with van der Waals surface area (Å²) < 4.78 is 4.54. The van der Waals surface area contributed by atoms with Gasteiger partial charge >= 0.3 is 5.97 Å². The molecular weight excluding hydrogens is 258 g/mol. The number of esters is 1. The molecule has 1 amide bonds. The van der Waals surface area contributed by atoms with Crippen molar-refractivity contribution < 1.29 is 14.3 Å². The predicted octanol–water partition coefficient (Wildman–Crippen LogP) is 1.16. The van der Waals surface area contributed by atoms with E-state index in [0.29, 0.717) is 6.54 Å². The molecule has 1 aromatic heterocycles. The first-order chi connectivity index (χ1) is 8.58. The lowest BCUT2D eigenvalue weighted by Gasteiger charge is -2.19. The number of amides is 1. The third-order valence-electron chi connectivity index (χ3n) is 2.17. The molecule has 98 valence electrons. The summed E-state index contributed by atoms with van der Waals surface area (Å²) in [6.07, 6.45) is 3.30. The van der Waals surface area contributed by atoms with E-state index >= 15 is 0 Å². The number of hydrogen-bond donors (Lipinski definition) is 0. The van der Waals surface area contributed by atoms with Crippen molar-refractivity contribution >= 4 is 23.5 Å². The van der Waals surface area contributed by atoms with Gasteiger partial charge in [-0.05, 0) is 6.42 Å². The van der Waals surface area contributed by atoms with Gasteiger partial charge in [-0.1, -0.05) is 18.5 Å². The zero-order valence-corrected chi connectivity index (χ0v) is 11.0. The summed E-state index contributed by atoms with van der Waals surface area (Å²) in [6, 6.07) is 0. The van der Waals surface area contributed by atoms with Crippen LogP contribution < -0.4 is 0 Å². The number of carbonyl (C=O) groups is 2. The Bertz CT molecular complexity index is 422. The zero-order valence-electron chi connectivity index (χ0n) is 10.2. The minimum absolute atomic E-state index is 0.104. The molecule has 0 spiro atoms. The van der Waals surface area contributed by atoms with Crippen molar-refractivity contribution in [3.05, 3.63) is 23.2 Å². The van der Waals surface area contributed by atoms with Crippen LogP contribution in [0.1, 0.15) is 23.8 Å². The summed E-state index contributed by atoms with van der Waals surface area (Å²) >= 11 is 5.59. The fraction of sp³-hybridized carbons (Fsp3) is 0.455. The van der Waals surface area contributed by atoms with Gasteiger partial charge in [-0.15, -0.1) is 0 Å². The third kappa shape index (κ3) is 3.96. The van der Waals surface area contributed by atoms with E-state index in [0.717, 1.165) is 6.42 Å². The first kappa shape index (κ1) is 14.4. The van der Waals surface area contributed by atoms with Crippen molar-refractivity contribution in [2.24, 2.45) is 0 Å². The quantitative estimate of drug-likeness (QED) is 0.752. The molecule has 0 atom stereocenters. The van der Waals surface area contributed by atoms with Crippen LogP contribution in [0, 0.1) is 0 Å². The highest BCUT2D eigenvalue weighted by atomic mass is 35.5. The lowest BCUT2D eigenvalue weighted by molar-refractivity contribution is -0.141. The average Bonchev–Trinajstić information content (AvgIpc) is 2.38. The lowest BCUT2D eigenvalue weighted by Crippen LogP contribution is -2.37. The summed E-state index contributed by atoms with van der Waals surface area (Å²) in [5, 5.41) is 0.210. The van der Waals surface area contributed by atoms with Gasteiger partial charge < -0.3 is 9.64 Å². The second-order valence-electron chi connectivity index (χ2n) is 3.53. The molecule has 0 aliphatic rings. The molecule has 0 fully saturated rings. The number of carbonyl (C=O) groups excluding carboxylic acids is 2. The maximum Gasteiger partial charge on any atom is 0.325 e. The fourth-order valence-corrected chi connectivity index (χ4v) is 1.43. The molecule has 0 N–H and O–H groups in total. The van der Waals surface area contributed by atoms with E-state index in [9.17, 15) is 9.59 Å². The van der Waals surface area contributed by atoms with Gasteiger partial charge in [0.25, 0.3) is 5.91 Å². The molecular formula is C11H14ClN3O3. The van der Waals surface area contributed by atoms with Crippen molar-refractivity contribution in [3.63, 3.8) is 0 Å². The number of hydrogen-bond acceptors (Lipinski definition) is 5. The number of methoxy groups -OCH3 is 1. The van der Waals surface area contributed by atoms with Gasteiger partial charge in [-0.3, -0.25) is 9.59 Å². The minimum Gasteiger partial charge on any atom is -0.468 e. The van der Waals surface area contributed by atoms with Crippen molar-refractivity contribution in [2.45, 2.75) is 13.3 Å². The van der Waals surface area contributed by atoms with E-state index in [1.165, 1.54) is 24.4 Å². The fourth-order valence-electron chi connectivity index (χ4n) is 1.33. The summed E-state index contributed by atoms with van der Waals surface area (Å²) in [4.78, 5) is 32.3. The Morgan fingerprint density at radius 1 is 1.39 bits per heavy atom. The molecule has 6 nitrogen and oxygen atoms in total. The van der Waals surface area contributed by atoms with Crippen LogP contribution >= 0.6 is 11.6 Å². The Balaban J connectivity index is 2.81. The molecule has 0 aliphatic carbocycles. The monoisotopic (exact) mass is 271 g/mol. The van der Waals surface area contributed by atoms with Gasteiger partial charge in [0.1, 0.15) is 17.4 Å². The van der Waals surface area contributed by atoms with Crippen LogP contribution in [0.25, 0.3) is 0 Å². The van der Waals surface area contributed by atoms with Crippen LogP contribution in [0.2, 0.25) is 5.15 Å². The van der Waals surface area contributed by atoms with E-state index < -0.39 is 5.97 Å². The highest BCUT2D eigenvalue weighted by Gasteiger charge is 2.19. The molecule has 0 aromatic carbocycles. The van der Waals surface area contributed by atoms with E-state index in [-0.39, 0.29) is 23.3 Å². The van der Waals surface area contributed by atoms with Gasteiger partial charge in [0, 0.05) is 6.54 Å². The van der Waals surface area contributed by atoms with Gasteiger partial charge in [0.15, 0.2) is 0 Å². The lowest BCUT2D eigenvalue weighted by atomic mass is 10.3. The number of aromatic nitrogens is 2. The summed E-state index contributed by atoms with van der Waals surface area (Å²) in [5.41, 5.74) is 0.150. The van der Waals surface area contributed by atoms with Gasteiger partial charge in [0.2, 0.25) is 0 Å². The second kappa shape index (κ2) is 6.90. The number of nitrogens with zero attached hydrogens (tertiary/aromatic N) is 3. The maximum atomic E-state index is 12.1. The molecule has 1 rings (SSSR count). The molecule has 18 heavy (non-hydrogen) atoms. The Hall–Kier alpha value is -1.69. The molecule has 0 saturated carbocycles. The molecule has 1 aromatic rings. The first-order valence-electron chi connectivity index (χ1n) is 5.42. The number of halogens is 1. The normalized spacial score (nSPS) is 9.94. The Morgan fingerprint density at radius 3 is 2.61 bits per heavy atom. The van der Waals surface area contributed by atoms with Gasteiger partial charge in [0.05, 0.1) is 19.5 Å². The molecule has 1 heterocycles. The van der Waals surface area contributed by atoms with E-state index in [2.05, 4.69) is 14.7 Å². The number of rotatable bonds is 5. The summed E-state index contributed by atoms with van der Waals surface area (Å²) in [6.45, 7) is 2.25. The Kier molecular flexibility index (Phi) is 5.51. The zero-order chi connectivity index (χ0) is 13.5. The smallest absolute Gasteiger partial charge is 0.325 e. The highest BCUT2D eigenvalue weighted by Crippen LogP contribution is 2.05. The topological polar surface area (TPSA) is 72.4 Å². The van der Waals surface area contributed by atoms with Crippen LogP contribution in [0.5, 0.6) is 0 Å². The summed E-state index contributed by atoms with van der Waals surface area (Å²) in [5.74, 6) is -0.842. The van der Waals surface area contributed by atoms with E-state index in [4.69, 9.17) is 11.6 Å². The SMILES string of the molecule is CCCN(CC(=O)OC)C(=O)c1cnc(Cl)cn1. The van der Waals surface area contributed by atoms with Gasteiger partial charge in [-0.25, -0.2) is 9.97 Å². The van der Waals surface area contributed by atoms with Crippen molar-refractivity contribution in [1.82, 2.24) is 14.9 Å². The van der Waals surface area contributed by atoms with Crippen molar-refractivity contribution in [1.29, 1.82) is 0 Å². The number of ether oxygens (including phenoxy) is 1. The molecule has 7 heteroatoms. The van der Waals surface area contributed by atoms with Gasteiger partial charge in [-0.2, -0.15) is 0 Å².